The highest BCUT2D eigenvalue weighted by Crippen LogP contribution is 2.33. The van der Waals surface area contributed by atoms with Crippen LogP contribution in [0.25, 0.3) is 0 Å². The van der Waals surface area contributed by atoms with Gasteiger partial charge >= 0.3 is 5.69 Å². The molecule has 8 nitrogen and oxygen atoms in total. The average molecular weight is 295 g/mol. The first-order valence-electron chi connectivity index (χ1n) is 5.97. The lowest BCUT2D eigenvalue weighted by Crippen LogP contribution is -2.03. The third kappa shape index (κ3) is 3.44. The number of hydrogen-bond donors (Lipinski definition) is 1. The zero-order valence-electron chi connectivity index (χ0n) is 11.0. The van der Waals surface area contributed by atoms with Crippen molar-refractivity contribution in [3.8, 4) is 0 Å². The molecule has 9 heteroatoms. The van der Waals surface area contributed by atoms with Gasteiger partial charge in [-0.15, -0.1) is 10.2 Å². The predicted molar refractivity (Wildman–Crippen MR) is 72.8 cm³/mol. The highest BCUT2D eigenvalue weighted by atomic mass is 32.2. The first-order chi connectivity index (χ1) is 9.60. The molecule has 1 N–H and O–H groups in total. The van der Waals surface area contributed by atoms with Crippen molar-refractivity contribution >= 4 is 23.3 Å². The van der Waals surface area contributed by atoms with Crippen LogP contribution in [-0.4, -0.2) is 26.6 Å². The van der Waals surface area contributed by atoms with Crippen molar-refractivity contribution in [2.24, 2.45) is 0 Å². The molecule has 0 unspecified atom stereocenters. The second-order valence-corrected chi connectivity index (χ2v) is 4.83. The fourth-order valence-electron chi connectivity index (χ4n) is 1.40. The minimum Gasteiger partial charge on any atom is -0.416 e. The van der Waals surface area contributed by atoms with Crippen LogP contribution in [0.3, 0.4) is 0 Å². The van der Waals surface area contributed by atoms with Gasteiger partial charge in [0, 0.05) is 19.5 Å². The molecule has 0 fully saturated rings. The molecule has 2 aromatic rings. The smallest absolute Gasteiger partial charge is 0.302 e. The SMILES string of the molecule is CCCNc1ccc([N+](=O)[O-])c(Sc2nnc(C)o2)n1. The molecule has 0 saturated heterocycles. The Morgan fingerprint density at radius 1 is 1.45 bits per heavy atom. The summed E-state index contributed by atoms with van der Waals surface area (Å²) in [5.74, 6) is 0.978. The number of anilines is 1. The molecule has 0 spiro atoms. The molecule has 0 saturated carbocycles. The molecule has 0 atom stereocenters. The summed E-state index contributed by atoms with van der Waals surface area (Å²) in [6.45, 7) is 4.42. The van der Waals surface area contributed by atoms with Gasteiger partial charge in [-0.3, -0.25) is 10.1 Å². The highest BCUT2D eigenvalue weighted by Gasteiger charge is 2.19. The summed E-state index contributed by atoms with van der Waals surface area (Å²) in [5.41, 5.74) is -0.0899. The Morgan fingerprint density at radius 2 is 2.25 bits per heavy atom. The maximum absolute atomic E-state index is 11.0. The largest absolute Gasteiger partial charge is 0.416 e. The Hall–Kier alpha value is -2.16. The van der Waals surface area contributed by atoms with Crippen molar-refractivity contribution in [2.45, 2.75) is 30.5 Å². The number of aryl methyl sites for hydroxylation is 1. The second kappa shape index (κ2) is 6.33. The first kappa shape index (κ1) is 14.3. The van der Waals surface area contributed by atoms with Crippen molar-refractivity contribution in [2.75, 3.05) is 11.9 Å². The van der Waals surface area contributed by atoms with Gasteiger partial charge in [0.25, 0.3) is 5.22 Å². The van der Waals surface area contributed by atoms with E-state index in [-0.39, 0.29) is 15.9 Å². The molecule has 0 aliphatic heterocycles. The monoisotopic (exact) mass is 295 g/mol. The summed E-state index contributed by atoms with van der Waals surface area (Å²) in [6, 6.07) is 2.99. The molecule has 2 aromatic heterocycles. The van der Waals surface area contributed by atoms with Gasteiger partial charge < -0.3 is 9.73 Å². The summed E-state index contributed by atoms with van der Waals surface area (Å²) in [7, 11) is 0. The van der Waals surface area contributed by atoms with E-state index in [1.165, 1.54) is 6.07 Å². The molecule has 0 amide bonds. The Labute approximate surface area is 119 Å². The summed E-state index contributed by atoms with van der Waals surface area (Å²) in [4.78, 5) is 14.7. The minimum atomic E-state index is -0.484. The van der Waals surface area contributed by atoms with Gasteiger partial charge in [-0.2, -0.15) is 0 Å². The molecule has 106 valence electrons. The normalized spacial score (nSPS) is 10.5. The molecule has 2 heterocycles. The van der Waals surface area contributed by atoms with E-state index in [1.54, 1.807) is 13.0 Å². The van der Waals surface area contributed by atoms with Crippen LogP contribution in [0.15, 0.2) is 26.8 Å². The molecule has 2 rings (SSSR count). The average Bonchev–Trinajstić information content (AvgIpc) is 2.81. The van der Waals surface area contributed by atoms with Crippen LogP contribution in [0.4, 0.5) is 11.5 Å². The van der Waals surface area contributed by atoms with Crippen LogP contribution in [0.1, 0.15) is 19.2 Å². The fraction of sp³-hybridized carbons (Fsp3) is 0.364. The number of pyridine rings is 1. The number of nitrogens with zero attached hydrogens (tertiary/aromatic N) is 4. The van der Waals surface area contributed by atoms with Crippen LogP contribution in [0.2, 0.25) is 0 Å². The Bertz CT molecular complexity index is 616. The fourth-order valence-corrected chi connectivity index (χ4v) is 2.20. The van der Waals surface area contributed by atoms with Gasteiger partial charge in [0.05, 0.1) is 4.92 Å². The minimum absolute atomic E-state index is 0.0899. The van der Waals surface area contributed by atoms with E-state index in [0.717, 1.165) is 24.7 Å². The topological polar surface area (TPSA) is 107 Å². The molecule has 20 heavy (non-hydrogen) atoms. The molecule has 0 aliphatic rings. The van der Waals surface area contributed by atoms with E-state index in [2.05, 4.69) is 20.5 Å². The molecule has 0 aliphatic carbocycles. The lowest BCUT2D eigenvalue weighted by atomic mass is 10.4. The van der Waals surface area contributed by atoms with Gasteiger partial charge in [0.15, 0.2) is 5.03 Å². The number of rotatable bonds is 6. The van der Waals surface area contributed by atoms with E-state index in [1.807, 2.05) is 6.92 Å². The lowest BCUT2D eigenvalue weighted by Gasteiger charge is -2.05. The van der Waals surface area contributed by atoms with Crippen LogP contribution >= 0.6 is 11.8 Å². The van der Waals surface area contributed by atoms with Gasteiger partial charge in [0.1, 0.15) is 5.82 Å². The van der Waals surface area contributed by atoms with Crippen LogP contribution in [-0.2, 0) is 0 Å². The standard InChI is InChI=1S/C11H13N5O3S/c1-3-6-12-9-5-4-8(16(17)18)10(13-9)20-11-15-14-7(2)19-11/h4-5H,3,6H2,1-2H3,(H,12,13). The Morgan fingerprint density at radius 3 is 2.85 bits per heavy atom. The van der Waals surface area contributed by atoms with Gasteiger partial charge in [-0.1, -0.05) is 6.92 Å². The summed E-state index contributed by atoms with van der Waals surface area (Å²) in [5, 5.41) is 22.0. The zero-order chi connectivity index (χ0) is 14.5. The van der Waals surface area contributed by atoms with Crippen molar-refractivity contribution in [3.63, 3.8) is 0 Å². The van der Waals surface area contributed by atoms with E-state index in [4.69, 9.17) is 4.42 Å². The summed E-state index contributed by atoms with van der Waals surface area (Å²) < 4.78 is 5.20. The Balaban J connectivity index is 2.28. The van der Waals surface area contributed by atoms with Gasteiger partial charge in [-0.25, -0.2) is 4.98 Å². The third-order valence-corrected chi connectivity index (χ3v) is 3.12. The van der Waals surface area contributed by atoms with Gasteiger partial charge in [-0.05, 0) is 24.2 Å². The van der Waals surface area contributed by atoms with Crippen molar-refractivity contribution in [1.82, 2.24) is 15.2 Å². The first-order valence-corrected chi connectivity index (χ1v) is 6.79. The van der Waals surface area contributed by atoms with Crippen LogP contribution < -0.4 is 5.32 Å². The van der Waals surface area contributed by atoms with E-state index in [0.29, 0.717) is 11.7 Å². The van der Waals surface area contributed by atoms with E-state index in [9.17, 15) is 10.1 Å². The lowest BCUT2D eigenvalue weighted by molar-refractivity contribution is -0.388. The molecular formula is C11H13N5O3S. The van der Waals surface area contributed by atoms with Crippen LogP contribution in [0, 0.1) is 17.0 Å². The van der Waals surface area contributed by atoms with Crippen molar-refractivity contribution < 1.29 is 9.34 Å². The molecule has 0 bridgehead atoms. The number of nitrogens with one attached hydrogen (secondary N) is 1. The third-order valence-electron chi connectivity index (χ3n) is 2.28. The summed E-state index contributed by atoms with van der Waals surface area (Å²) in [6.07, 6.45) is 0.935. The number of hydrogen-bond acceptors (Lipinski definition) is 8. The van der Waals surface area contributed by atoms with E-state index >= 15 is 0 Å². The molecular weight excluding hydrogens is 282 g/mol. The molecule has 0 aromatic carbocycles. The summed E-state index contributed by atoms with van der Waals surface area (Å²) >= 11 is 0.978. The van der Waals surface area contributed by atoms with Crippen molar-refractivity contribution in [1.29, 1.82) is 0 Å². The second-order valence-electron chi connectivity index (χ2n) is 3.89. The predicted octanol–water partition coefficient (Wildman–Crippen LogP) is 2.65. The zero-order valence-corrected chi connectivity index (χ0v) is 11.8. The van der Waals surface area contributed by atoms with Crippen LogP contribution in [0.5, 0.6) is 0 Å². The van der Waals surface area contributed by atoms with E-state index < -0.39 is 4.92 Å². The van der Waals surface area contributed by atoms with Crippen molar-refractivity contribution in [3.05, 3.63) is 28.1 Å². The Kier molecular flexibility index (Phi) is 4.51. The quantitative estimate of drug-likeness (QED) is 0.640. The maximum Gasteiger partial charge on any atom is 0.302 e. The number of nitro groups is 1. The maximum atomic E-state index is 11.0. The number of aromatic nitrogens is 3. The van der Waals surface area contributed by atoms with Gasteiger partial charge in [0.2, 0.25) is 5.89 Å². The molecule has 0 radical (unpaired) electrons. The highest BCUT2D eigenvalue weighted by molar-refractivity contribution is 7.99.